The molecule has 0 bridgehead atoms. The van der Waals surface area contributed by atoms with E-state index in [0.717, 1.165) is 18.7 Å². The Bertz CT molecular complexity index is 633. The number of aryl methyl sites for hydroxylation is 1. The van der Waals surface area contributed by atoms with Crippen molar-refractivity contribution in [3.8, 4) is 0 Å². The van der Waals surface area contributed by atoms with Crippen LogP contribution in [-0.2, 0) is 17.9 Å². The Morgan fingerprint density at radius 3 is 3.04 bits per heavy atom. The summed E-state index contributed by atoms with van der Waals surface area (Å²) >= 11 is 0. The third kappa shape index (κ3) is 4.59. The second-order valence-corrected chi connectivity index (χ2v) is 5.99. The Hall–Kier alpha value is -2.32. The molecule has 1 saturated heterocycles. The number of amides is 1. The molecule has 1 amide bonds. The zero-order valence-corrected chi connectivity index (χ0v) is 13.5. The average molecular weight is 330 g/mol. The fourth-order valence-electron chi connectivity index (χ4n) is 2.87. The molecule has 2 atom stereocenters. The van der Waals surface area contributed by atoms with Crippen LogP contribution >= 0.6 is 0 Å². The van der Waals surface area contributed by atoms with Crippen LogP contribution in [0, 0.1) is 0 Å². The van der Waals surface area contributed by atoms with Crippen LogP contribution in [-0.4, -0.2) is 60.9 Å². The fourth-order valence-corrected chi connectivity index (χ4v) is 2.87. The molecule has 24 heavy (non-hydrogen) atoms. The van der Waals surface area contributed by atoms with Gasteiger partial charge in [-0.3, -0.25) is 19.4 Å². The van der Waals surface area contributed by atoms with E-state index in [1.165, 1.54) is 6.33 Å². The summed E-state index contributed by atoms with van der Waals surface area (Å²) in [5.74, 6) is -0.0762. The summed E-state index contributed by atoms with van der Waals surface area (Å²) in [4.78, 5) is 22.3. The van der Waals surface area contributed by atoms with E-state index >= 15 is 0 Å². The molecule has 0 saturated carbocycles. The van der Waals surface area contributed by atoms with Crippen molar-refractivity contribution < 1.29 is 9.90 Å². The van der Waals surface area contributed by atoms with Crippen LogP contribution < -0.4 is 5.32 Å². The van der Waals surface area contributed by atoms with Crippen LogP contribution in [0.25, 0.3) is 0 Å². The first kappa shape index (κ1) is 16.5. The average Bonchev–Trinajstić information content (AvgIpc) is 3.10. The van der Waals surface area contributed by atoms with Gasteiger partial charge in [-0.15, -0.1) is 0 Å². The molecule has 3 rings (SSSR count). The molecule has 128 valence electrons. The molecule has 2 N–H and O–H groups in total. The zero-order chi connectivity index (χ0) is 16.8. The molecule has 0 radical (unpaired) electrons. The van der Waals surface area contributed by atoms with Gasteiger partial charge in [-0.05, 0) is 18.6 Å². The number of likely N-dealkylation sites (tertiary alicyclic amines) is 1. The standard InChI is InChI=1S/C16H22N6O2/c23-15-10-21(9-13-3-1-2-6-18-13)7-4-14(15)20-16(24)5-8-22-12-17-11-19-22/h1-3,6,11-12,14-15,23H,4-5,7-10H2,(H,20,24)/t14-,15-/m1/s1. The van der Waals surface area contributed by atoms with E-state index in [9.17, 15) is 9.90 Å². The van der Waals surface area contributed by atoms with Gasteiger partial charge in [0, 0.05) is 32.3 Å². The SMILES string of the molecule is O=C(CCn1cncn1)N[C@@H]1CCN(Cc2ccccn2)C[C@H]1O. The van der Waals surface area contributed by atoms with E-state index in [0.29, 0.717) is 26.1 Å². The molecule has 0 spiro atoms. The molecule has 0 aromatic carbocycles. The van der Waals surface area contributed by atoms with Gasteiger partial charge in [-0.2, -0.15) is 5.10 Å². The minimum absolute atomic E-state index is 0.0762. The summed E-state index contributed by atoms with van der Waals surface area (Å²) in [7, 11) is 0. The zero-order valence-electron chi connectivity index (χ0n) is 13.5. The van der Waals surface area contributed by atoms with E-state index in [1.54, 1.807) is 17.2 Å². The van der Waals surface area contributed by atoms with Crippen molar-refractivity contribution >= 4 is 5.91 Å². The predicted octanol–water partition coefficient (Wildman–Crippen LogP) is -0.185. The molecule has 1 aliphatic rings. The highest BCUT2D eigenvalue weighted by Crippen LogP contribution is 2.14. The Morgan fingerprint density at radius 1 is 1.42 bits per heavy atom. The van der Waals surface area contributed by atoms with Crippen molar-refractivity contribution in [1.82, 2.24) is 30.0 Å². The number of aromatic nitrogens is 4. The number of carbonyl (C=O) groups excluding carboxylic acids is 1. The van der Waals surface area contributed by atoms with Crippen molar-refractivity contribution in [3.63, 3.8) is 0 Å². The van der Waals surface area contributed by atoms with Crippen molar-refractivity contribution in [2.45, 2.75) is 38.1 Å². The summed E-state index contributed by atoms with van der Waals surface area (Å²) in [6.07, 6.45) is 5.27. The minimum Gasteiger partial charge on any atom is -0.390 e. The quantitative estimate of drug-likeness (QED) is 0.762. The lowest BCUT2D eigenvalue weighted by molar-refractivity contribution is -0.123. The lowest BCUT2D eigenvalue weighted by Crippen LogP contribution is -2.53. The third-order valence-corrected chi connectivity index (χ3v) is 4.16. The highest BCUT2D eigenvalue weighted by molar-refractivity contribution is 5.76. The van der Waals surface area contributed by atoms with Gasteiger partial charge in [-0.1, -0.05) is 6.07 Å². The summed E-state index contributed by atoms with van der Waals surface area (Å²) < 4.78 is 1.62. The number of carbonyl (C=O) groups is 1. The van der Waals surface area contributed by atoms with Gasteiger partial charge in [0.15, 0.2) is 0 Å². The molecule has 8 nitrogen and oxygen atoms in total. The highest BCUT2D eigenvalue weighted by Gasteiger charge is 2.28. The topological polar surface area (TPSA) is 96.2 Å². The number of hydrogen-bond acceptors (Lipinski definition) is 6. The molecule has 1 fully saturated rings. The molecule has 0 unspecified atom stereocenters. The van der Waals surface area contributed by atoms with Crippen molar-refractivity contribution in [3.05, 3.63) is 42.7 Å². The molecule has 2 aromatic rings. The third-order valence-electron chi connectivity index (χ3n) is 4.16. The summed E-state index contributed by atoms with van der Waals surface area (Å²) in [6, 6.07) is 5.62. The number of rotatable bonds is 6. The van der Waals surface area contributed by atoms with Crippen molar-refractivity contribution in [1.29, 1.82) is 0 Å². The number of aliphatic hydroxyl groups excluding tert-OH is 1. The van der Waals surface area contributed by atoms with Crippen LogP contribution in [0.5, 0.6) is 0 Å². The number of hydrogen-bond donors (Lipinski definition) is 2. The van der Waals surface area contributed by atoms with Gasteiger partial charge < -0.3 is 10.4 Å². The first-order valence-corrected chi connectivity index (χ1v) is 8.13. The Balaban J connectivity index is 1.42. The van der Waals surface area contributed by atoms with Crippen LogP contribution in [0.2, 0.25) is 0 Å². The number of nitrogens with zero attached hydrogens (tertiary/aromatic N) is 5. The van der Waals surface area contributed by atoms with Gasteiger partial charge in [0.25, 0.3) is 0 Å². The van der Waals surface area contributed by atoms with Gasteiger partial charge >= 0.3 is 0 Å². The van der Waals surface area contributed by atoms with E-state index in [4.69, 9.17) is 0 Å². The van der Waals surface area contributed by atoms with Crippen LogP contribution in [0.4, 0.5) is 0 Å². The summed E-state index contributed by atoms with van der Waals surface area (Å²) in [6.45, 7) is 2.55. The monoisotopic (exact) mass is 330 g/mol. The van der Waals surface area contributed by atoms with Gasteiger partial charge in [-0.25, -0.2) is 4.98 Å². The van der Waals surface area contributed by atoms with E-state index in [1.807, 2.05) is 18.2 Å². The number of nitrogens with one attached hydrogen (secondary N) is 1. The minimum atomic E-state index is -0.571. The summed E-state index contributed by atoms with van der Waals surface area (Å²) in [5.41, 5.74) is 0.986. The lowest BCUT2D eigenvalue weighted by Gasteiger charge is -2.36. The molecular formula is C16H22N6O2. The first-order valence-electron chi connectivity index (χ1n) is 8.13. The fraction of sp³-hybridized carbons (Fsp3) is 0.500. The summed E-state index contributed by atoms with van der Waals surface area (Å²) in [5, 5.41) is 17.2. The normalized spacial score (nSPS) is 21.5. The Kier molecular flexibility index (Phi) is 5.50. The number of aliphatic hydroxyl groups is 1. The highest BCUT2D eigenvalue weighted by atomic mass is 16.3. The lowest BCUT2D eigenvalue weighted by atomic mass is 10.0. The maximum atomic E-state index is 12.0. The van der Waals surface area contributed by atoms with E-state index in [2.05, 4.69) is 25.3 Å². The predicted molar refractivity (Wildman–Crippen MR) is 86.7 cm³/mol. The van der Waals surface area contributed by atoms with Crippen molar-refractivity contribution in [2.75, 3.05) is 13.1 Å². The molecule has 1 aliphatic heterocycles. The van der Waals surface area contributed by atoms with Gasteiger partial charge in [0.2, 0.25) is 5.91 Å². The molecule has 8 heteroatoms. The van der Waals surface area contributed by atoms with E-state index < -0.39 is 6.10 Å². The number of pyridine rings is 1. The Labute approximate surface area is 140 Å². The molecule has 2 aromatic heterocycles. The maximum absolute atomic E-state index is 12.0. The van der Waals surface area contributed by atoms with Crippen LogP contribution in [0.1, 0.15) is 18.5 Å². The van der Waals surface area contributed by atoms with E-state index in [-0.39, 0.29) is 11.9 Å². The molecule has 3 heterocycles. The number of piperidine rings is 1. The molecule has 0 aliphatic carbocycles. The van der Waals surface area contributed by atoms with Crippen LogP contribution in [0.3, 0.4) is 0 Å². The van der Waals surface area contributed by atoms with Gasteiger partial charge in [0.1, 0.15) is 12.7 Å². The Morgan fingerprint density at radius 2 is 2.33 bits per heavy atom. The second kappa shape index (κ2) is 7.98. The maximum Gasteiger partial charge on any atom is 0.222 e. The largest absolute Gasteiger partial charge is 0.390 e. The second-order valence-electron chi connectivity index (χ2n) is 5.99. The first-order chi connectivity index (χ1) is 11.7. The number of β-amino-alcohol motifs (C(OH)–C–C–N with tert-alkyl or cyclic N) is 1. The smallest absolute Gasteiger partial charge is 0.222 e. The van der Waals surface area contributed by atoms with Crippen molar-refractivity contribution in [2.24, 2.45) is 0 Å². The van der Waals surface area contributed by atoms with Gasteiger partial charge in [0.05, 0.1) is 24.4 Å². The molecular weight excluding hydrogens is 308 g/mol. The van der Waals surface area contributed by atoms with Crippen LogP contribution in [0.15, 0.2) is 37.1 Å².